The van der Waals surface area contributed by atoms with Crippen molar-refractivity contribution in [2.75, 3.05) is 7.11 Å². The standard InChI is InChI=1S/C33H50O7/c1-19(2)12-11-16-32(9)25-14-13-21(5)24(18-33(30(37)38-10)28(35)22(6)23(7)40-33)31(25,8)17-15-26(32)39-29(36)27(34)20(3)4/h12,20,24-27,34H,5,11,13-18H2,1-4,6-10H3/t24-,25-,26+,27-,31-,32+,33+/m1/s1. The van der Waals surface area contributed by atoms with E-state index in [4.69, 9.17) is 14.2 Å². The van der Waals surface area contributed by atoms with Crippen LogP contribution in [-0.4, -0.2) is 47.7 Å². The van der Waals surface area contributed by atoms with Crippen LogP contribution in [0.1, 0.15) is 100 Å². The Balaban J connectivity index is 2.03. The summed E-state index contributed by atoms with van der Waals surface area (Å²) in [5.41, 5.74) is 0.273. The number of hydrogen-bond donors (Lipinski definition) is 1. The SMILES string of the molecule is C=C1CC[C@H]2[C@](C)(CCC=C(C)C)[C@@H](OC(=O)[C@H](O)C(C)C)CC[C@]2(C)[C@@H]1C[C@]1(C(=O)OC)OC(C)=C(C)C1=O. The van der Waals surface area contributed by atoms with Crippen LogP contribution < -0.4 is 0 Å². The molecular weight excluding hydrogens is 508 g/mol. The first-order valence-corrected chi connectivity index (χ1v) is 14.7. The smallest absolute Gasteiger partial charge is 0.358 e. The van der Waals surface area contributed by atoms with Gasteiger partial charge in [-0.05, 0) is 89.4 Å². The summed E-state index contributed by atoms with van der Waals surface area (Å²) in [6.07, 6.45) is 5.48. The molecule has 1 aliphatic heterocycles. The molecule has 1 N–H and O–H groups in total. The summed E-state index contributed by atoms with van der Waals surface area (Å²) in [6, 6.07) is 0. The second kappa shape index (κ2) is 11.8. The van der Waals surface area contributed by atoms with Gasteiger partial charge in [0, 0.05) is 17.4 Å². The van der Waals surface area contributed by atoms with E-state index in [-0.39, 0.29) is 46.9 Å². The summed E-state index contributed by atoms with van der Waals surface area (Å²) in [5.74, 6) is -1.42. The highest BCUT2D eigenvalue weighted by atomic mass is 16.6. The third kappa shape index (κ3) is 5.55. The number of fused-ring (bicyclic) bond motifs is 1. The average Bonchev–Trinajstić information content (AvgIpc) is 3.10. The molecule has 0 saturated heterocycles. The average molecular weight is 559 g/mol. The van der Waals surface area contributed by atoms with Crippen LogP contribution in [0.2, 0.25) is 0 Å². The predicted octanol–water partition coefficient (Wildman–Crippen LogP) is 6.25. The number of carbonyl (C=O) groups is 3. The summed E-state index contributed by atoms with van der Waals surface area (Å²) >= 11 is 0. The molecule has 0 aromatic heterocycles. The van der Waals surface area contributed by atoms with E-state index in [2.05, 4.69) is 40.3 Å². The lowest BCUT2D eigenvalue weighted by Gasteiger charge is -2.61. The van der Waals surface area contributed by atoms with E-state index in [1.54, 1.807) is 27.7 Å². The molecule has 0 bridgehead atoms. The topological polar surface area (TPSA) is 99.1 Å². The monoisotopic (exact) mass is 558 g/mol. The first kappa shape index (κ1) is 32.1. The summed E-state index contributed by atoms with van der Waals surface area (Å²) in [6.45, 7) is 20.0. The van der Waals surface area contributed by atoms with Crippen molar-refractivity contribution in [3.63, 3.8) is 0 Å². The van der Waals surface area contributed by atoms with E-state index in [1.165, 1.54) is 12.7 Å². The normalized spacial score (nSPS) is 34.7. The van der Waals surface area contributed by atoms with Gasteiger partial charge in [0.25, 0.3) is 5.60 Å². The van der Waals surface area contributed by atoms with Crippen molar-refractivity contribution in [3.8, 4) is 0 Å². The second-order valence-electron chi connectivity index (χ2n) is 13.4. The molecule has 2 aliphatic carbocycles. The minimum atomic E-state index is -1.72. The minimum absolute atomic E-state index is 0.130. The van der Waals surface area contributed by atoms with Gasteiger partial charge in [-0.25, -0.2) is 9.59 Å². The fourth-order valence-corrected chi connectivity index (χ4v) is 7.68. The van der Waals surface area contributed by atoms with Gasteiger partial charge in [0.15, 0.2) is 6.10 Å². The van der Waals surface area contributed by atoms with E-state index in [1.807, 2.05) is 0 Å². The first-order chi connectivity index (χ1) is 18.5. The fraction of sp³-hybridized carbons (Fsp3) is 0.727. The number of rotatable bonds is 9. The molecule has 0 aromatic rings. The number of allylic oxidation sites excluding steroid dienone is 4. The lowest BCUT2D eigenvalue weighted by atomic mass is 9.44. The molecule has 0 amide bonds. The number of aliphatic hydroxyl groups excluding tert-OH is 1. The fourth-order valence-electron chi connectivity index (χ4n) is 7.68. The highest BCUT2D eigenvalue weighted by Gasteiger charge is 2.63. The van der Waals surface area contributed by atoms with Gasteiger partial charge in [0.1, 0.15) is 11.9 Å². The molecular formula is C33H50O7. The van der Waals surface area contributed by atoms with Crippen LogP contribution in [0.25, 0.3) is 0 Å². The summed E-state index contributed by atoms with van der Waals surface area (Å²) < 4.78 is 17.3. The zero-order valence-electron chi connectivity index (χ0n) is 26.0. The number of ketones is 1. The number of methoxy groups -OCH3 is 1. The van der Waals surface area contributed by atoms with Crippen LogP contribution >= 0.6 is 0 Å². The molecule has 2 fully saturated rings. The Kier molecular flexibility index (Phi) is 9.50. The highest BCUT2D eigenvalue weighted by Crippen LogP contribution is 2.64. The molecule has 3 aliphatic rings. The van der Waals surface area contributed by atoms with Crippen LogP contribution in [0.15, 0.2) is 35.1 Å². The van der Waals surface area contributed by atoms with Crippen LogP contribution in [0, 0.1) is 28.6 Å². The van der Waals surface area contributed by atoms with Crippen LogP contribution in [0.4, 0.5) is 0 Å². The first-order valence-electron chi connectivity index (χ1n) is 14.7. The predicted molar refractivity (Wildman–Crippen MR) is 154 cm³/mol. The minimum Gasteiger partial charge on any atom is -0.471 e. The molecule has 7 heteroatoms. The Labute approximate surface area is 240 Å². The van der Waals surface area contributed by atoms with E-state index in [0.717, 1.165) is 37.7 Å². The third-order valence-electron chi connectivity index (χ3n) is 10.3. The molecule has 7 nitrogen and oxygen atoms in total. The second-order valence-corrected chi connectivity index (χ2v) is 13.4. The number of carbonyl (C=O) groups excluding carboxylic acids is 3. The maximum atomic E-state index is 13.5. The summed E-state index contributed by atoms with van der Waals surface area (Å²) in [7, 11) is 1.29. The Hall–Kier alpha value is -2.41. The summed E-state index contributed by atoms with van der Waals surface area (Å²) in [4.78, 5) is 39.6. The molecule has 2 saturated carbocycles. The highest BCUT2D eigenvalue weighted by molar-refractivity contribution is 6.16. The van der Waals surface area contributed by atoms with E-state index in [0.29, 0.717) is 17.8 Å². The maximum Gasteiger partial charge on any atom is 0.358 e. The number of esters is 2. The lowest BCUT2D eigenvalue weighted by molar-refractivity contribution is -0.194. The van der Waals surface area contributed by atoms with Crippen molar-refractivity contribution in [1.29, 1.82) is 0 Å². The number of aliphatic hydroxyl groups is 1. The van der Waals surface area contributed by atoms with Crippen molar-refractivity contribution in [2.24, 2.45) is 28.6 Å². The molecule has 1 heterocycles. The van der Waals surface area contributed by atoms with E-state index in [9.17, 15) is 19.5 Å². The van der Waals surface area contributed by atoms with Crippen LogP contribution in [-0.2, 0) is 28.6 Å². The molecule has 7 atom stereocenters. The molecule has 40 heavy (non-hydrogen) atoms. The molecule has 0 spiro atoms. The van der Waals surface area contributed by atoms with Gasteiger partial charge < -0.3 is 19.3 Å². The van der Waals surface area contributed by atoms with Crippen molar-refractivity contribution >= 4 is 17.7 Å². The van der Waals surface area contributed by atoms with Crippen molar-refractivity contribution in [2.45, 2.75) is 118 Å². The van der Waals surface area contributed by atoms with Crippen molar-refractivity contribution in [1.82, 2.24) is 0 Å². The molecule has 0 radical (unpaired) electrons. The number of ether oxygens (including phenoxy) is 3. The van der Waals surface area contributed by atoms with Crippen LogP contribution in [0.5, 0.6) is 0 Å². The van der Waals surface area contributed by atoms with Gasteiger partial charge in [0.2, 0.25) is 5.78 Å². The van der Waals surface area contributed by atoms with Crippen molar-refractivity contribution in [3.05, 3.63) is 35.1 Å². The van der Waals surface area contributed by atoms with Gasteiger partial charge in [-0.15, -0.1) is 0 Å². The molecule has 0 unspecified atom stereocenters. The zero-order valence-corrected chi connectivity index (χ0v) is 26.0. The van der Waals surface area contributed by atoms with Gasteiger partial charge in [0.05, 0.1) is 7.11 Å². The third-order valence-corrected chi connectivity index (χ3v) is 10.3. The van der Waals surface area contributed by atoms with Gasteiger partial charge in [-0.2, -0.15) is 0 Å². The Morgan fingerprint density at radius 3 is 2.38 bits per heavy atom. The van der Waals surface area contributed by atoms with E-state index < -0.39 is 23.6 Å². The quantitative estimate of drug-likeness (QED) is 0.203. The maximum absolute atomic E-state index is 13.5. The molecule has 224 valence electrons. The largest absolute Gasteiger partial charge is 0.471 e. The van der Waals surface area contributed by atoms with Gasteiger partial charge >= 0.3 is 11.9 Å². The van der Waals surface area contributed by atoms with Gasteiger partial charge in [-0.1, -0.05) is 51.5 Å². The Morgan fingerprint density at radius 1 is 1.20 bits per heavy atom. The van der Waals surface area contributed by atoms with Gasteiger partial charge in [-0.3, -0.25) is 4.79 Å². The van der Waals surface area contributed by atoms with Crippen LogP contribution in [0.3, 0.4) is 0 Å². The lowest BCUT2D eigenvalue weighted by Crippen LogP contribution is -2.59. The number of hydrogen-bond acceptors (Lipinski definition) is 7. The zero-order chi connectivity index (χ0) is 30.2. The molecule has 3 rings (SSSR count). The molecule has 0 aromatic carbocycles. The number of Topliss-reactive ketones (excluding diaryl/α,β-unsaturated/α-hetero) is 1. The van der Waals surface area contributed by atoms with Crippen molar-refractivity contribution < 1.29 is 33.7 Å². The summed E-state index contributed by atoms with van der Waals surface area (Å²) in [5, 5.41) is 10.4. The Morgan fingerprint density at radius 2 is 1.85 bits per heavy atom. The Bertz CT molecular complexity index is 1100. The van der Waals surface area contributed by atoms with E-state index >= 15 is 0 Å².